The van der Waals surface area contributed by atoms with Crippen molar-refractivity contribution in [2.45, 2.75) is 26.8 Å². The molecule has 0 atom stereocenters. The zero-order valence-corrected chi connectivity index (χ0v) is 15.6. The molecule has 0 aliphatic heterocycles. The number of rotatable bonds is 6. The topological polar surface area (TPSA) is 80.6 Å². The van der Waals surface area contributed by atoms with Gasteiger partial charge in [0, 0.05) is 36.7 Å². The number of carbonyl (C=O) groups excluding carboxylic acids is 1. The molecule has 0 unspecified atom stereocenters. The third-order valence-corrected chi connectivity index (χ3v) is 4.30. The van der Waals surface area contributed by atoms with E-state index in [1.54, 1.807) is 19.2 Å². The molecule has 0 aliphatic carbocycles. The summed E-state index contributed by atoms with van der Waals surface area (Å²) in [6, 6.07) is 12.8. The number of carbonyl (C=O) groups is 1. The molecule has 2 N–H and O–H groups in total. The van der Waals surface area contributed by atoms with Gasteiger partial charge in [0.05, 0.1) is 12.8 Å². The van der Waals surface area contributed by atoms with Crippen LogP contribution in [0.5, 0.6) is 5.75 Å². The largest absolute Gasteiger partial charge is 0.494 e. The van der Waals surface area contributed by atoms with Crippen LogP contribution in [0.2, 0.25) is 0 Å². The highest BCUT2D eigenvalue weighted by Crippen LogP contribution is 2.28. The van der Waals surface area contributed by atoms with Crippen LogP contribution in [0.25, 0.3) is 11.0 Å². The summed E-state index contributed by atoms with van der Waals surface area (Å²) in [6.45, 7) is 3.96. The smallest absolute Gasteiger partial charge is 0.336 e. The highest BCUT2D eigenvalue weighted by molar-refractivity contribution is 5.90. The Balaban J connectivity index is 1.86. The van der Waals surface area contributed by atoms with Crippen LogP contribution in [-0.2, 0) is 17.8 Å². The molecule has 0 aliphatic rings. The fraction of sp³-hybridized carbons (Fsp3) is 0.238. The number of amides is 1. The molecule has 0 saturated carbocycles. The lowest BCUT2D eigenvalue weighted by Gasteiger charge is -2.13. The average molecular weight is 366 g/mol. The maximum atomic E-state index is 11.9. The van der Waals surface area contributed by atoms with Crippen LogP contribution in [0.1, 0.15) is 25.0 Å². The van der Waals surface area contributed by atoms with E-state index in [1.165, 1.54) is 13.0 Å². The number of methoxy groups -OCH3 is 1. The summed E-state index contributed by atoms with van der Waals surface area (Å²) < 4.78 is 10.7. The van der Waals surface area contributed by atoms with Crippen molar-refractivity contribution in [1.82, 2.24) is 0 Å². The van der Waals surface area contributed by atoms with Crippen LogP contribution in [0, 0.1) is 0 Å². The van der Waals surface area contributed by atoms with Crippen molar-refractivity contribution in [2.75, 3.05) is 17.7 Å². The molecule has 2 aromatic carbocycles. The van der Waals surface area contributed by atoms with Crippen molar-refractivity contribution in [1.29, 1.82) is 0 Å². The molecule has 0 spiro atoms. The number of ether oxygens (including phenoxy) is 1. The van der Waals surface area contributed by atoms with Crippen LogP contribution in [0.3, 0.4) is 0 Å². The molecular weight excluding hydrogens is 344 g/mol. The third-order valence-electron chi connectivity index (χ3n) is 4.30. The molecule has 6 heteroatoms. The predicted octanol–water partition coefficient (Wildman–Crippen LogP) is 3.93. The van der Waals surface area contributed by atoms with Gasteiger partial charge in [-0.3, -0.25) is 4.79 Å². The number of hydrogen-bond acceptors (Lipinski definition) is 5. The Morgan fingerprint density at radius 2 is 1.96 bits per heavy atom. The lowest BCUT2D eigenvalue weighted by atomic mass is 10.1. The summed E-state index contributed by atoms with van der Waals surface area (Å²) in [4.78, 5) is 23.2. The quantitative estimate of drug-likeness (QED) is 0.646. The molecule has 1 aromatic heterocycles. The highest BCUT2D eigenvalue weighted by atomic mass is 16.5. The Kier molecular flexibility index (Phi) is 5.45. The molecule has 3 rings (SSSR count). The van der Waals surface area contributed by atoms with Crippen LogP contribution in [0.4, 0.5) is 11.4 Å². The minimum atomic E-state index is -0.369. The van der Waals surface area contributed by atoms with E-state index in [0.717, 1.165) is 28.6 Å². The number of benzene rings is 2. The number of anilines is 2. The molecule has 3 aromatic rings. The van der Waals surface area contributed by atoms with Gasteiger partial charge in [-0.25, -0.2) is 4.79 Å². The van der Waals surface area contributed by atoms with Crippen molar-refractivity contribution in [2.24, 2.45) is 0 Å². The zero-order chi connectivity index (χ0) is 19.4. The second-order valence-electron chi connectivity index (χ2n) is 6.22. The minimum Gasteiger partial charge on any atom is -0.494 e. The van der Waals surface area contributed by atoms with Crippen molar-refractivity contribution in [3.05, 3.63) is 64.0 Å². The molecule has 1 amide bonds. The lowest BCUT2D eigenvalue weighted by Crippen LogP contribution is -2.08. The highest BCUT2D eigenvalue weighted by Gasteiger charge is 2.09. The van der Waals surface area contributed by atoms with E-state index >= 15 is 0 Å². The van der Waals surface area contributed by atoms with Gasteiger partial charge in [0.15, 0.2) is 0 Å². The summed E-state index contributed by atoms with van der Waals surface area (Å²) in [5.41, 5.74) is 3.62. The Morgan fingerprint density at radius 1 is 1.15 bits per heavy atom. The van der Waals surface area contributed by atoms with Gasteiger partial charge in [0.1, 0.15) is 11.3 Å². The van der Waals surface area contributed by atoms with Crippen molar-refractivity contribution in [3.8, 4) is 5.75 Å². The van der Waals surface area contributed by atoms with Gasteiger partial charge in [-0.15, -0.1) is 0 Å². The second kappa shape index (κ2) is 7.95. The predicted molar refractivity (Wildman–Crippen MR) is 106 cm³/mol. The Labute approximate surface area is 157 Å². The van der Waals surface area contributed by atoms with Gasteiger partial charge < -0.3 is 19.8 Å². The van der Waals surface area contributed by atoms with Gasteiger partial charge in [-0.05, 0) is 35.7 Å². The first-order valence-corrected chi connectivity index (χ1v) is 8.75. The summed E-state index contributed by atoms with van der Waals surface area (Å²) in [5, 5.41) is 6.92. The molecule has 27 heavy (non-hydrogen) atoms. The maximum absolute atomic E-state index is 11.9. The van der Waals surface area contributed by atoms with Crippen molar-refractivity contribution in [3.63, 3.8) is 0 Å². The first kappa shape index (κ1) is 18.5. The Bertz CT molecular complexity index is 1040. The SMILES string of the molecule is CCc1ccc2c(CNc3ccc(NC(C)=O)c(OC)c3)cc(=O)oc2c1. The van der Waals surface area contributed by atoms with Crippen LogP contribution in [-0.4, -0.2) is 13.0 Å². The van der Waals surface area contributed by atoms with E-state index in [0.29, 0.717) is 23.6 Å². The fourth-order valence-electron chi connectivity index (χ4n) is 2.93. The third kappa shape index (κ3) is 4.28. The second-order valence-corrected chi connectivity index (χ2v) is 6.22. The number of aryl methyl sites for hydroxylation is 1. The zero-order valence-electron chi connectivity index (χ0n) is 15.6. The van der Waals surface area contributed by atoms with Gasteiger partial charge >= 0.3 is 5.63 Å². The molecule has 1 heterocycles. The van der Waals surface area contributed by atoms with E-state index in [-0.39, 0.29) is 11.5 Å². The minimum absolute atomic E-state index is 0.164. The number of nitrogens with one attached hydrogen (secondary N) is 2. The van der Waals surface area contributed by atoms with Crippen LogP contribution in [0.15, 0.2) is 51.7 Å². The summed E-state index contributed by atoms with van der Waals surface area (Å²) >= 11 is 0. The van der Waals surface area contributed by atoms with Gasteiger partial charge in [-0.1, -0.05) is 19.1 Å². The van der Waals surface area contributed by atoms with E-state index in [1.807, 2.05) is 24.3 Å². The van der Waals surface area contributed by atoms with Crippen molar-refractivity contribution < 1.29 is 13.9 Å². The standard InChI is InChI=1S/C21H22N2O4/c1-4-14-5-7-17-15(10-21(25)27-19(17)9-14)12-22-16-6-8-18(23-13(2)24)20(11-16)26-3/h5-11,22H,4,12H2,1-3H3,(H,23,24). The van der Waals surface area contributed by atoms with Gasteiger partial charge in [0.2, 0.25) is 5.91 Å². The number of hydrogen-bond donors (Lipinski definition) is 2. The summed E-state index contributed by atoms with van der Waals surface area (Å²) in [6.07, 6.45) is 0.878. The van der Waals surface area contributed by atoms with Crippen LogP contribution < -0.4 is 21.0 Å². The van der Waals surface area contributed by atoms with E-state index in [2.05, 4.69) is 17.6 Å². The fourth-order valence-corrected chi connectivity index (χ4v) is 2.93. The van der Waals surface area contributed by atoms with E-state index in [4.69, 9.17) is 9.15 Å². The summed E-state index contributed by atoms with van der Waals surface area (Å²) in [7, 11) is 1.55. The number of fused-ring (bicyclic) bond motifs is 1. The first-order valence-electron chi connectivity index (χ1n) is 8.75. The van der Waals surface area contributed by atoms with Crippen molar-refractivity contribution >= 4 is 28.3 Å². The molecule has 140 valence electrons. The van der Waals surface area contributed by atoms with E-state index in [9.17, 15) is 9.59 Å². The average Bonchev–Trinajstić information content (AvgIpc) is 2.65. The molecule has 0 saturated heterocycles. The van der Waals surface area contributed by atoms with Gasteiger partial charge in [0.25, 0.3) is 0 Å². The monoisotopic (exact) mass is 366 g/mol. The molecule has 0 fully saturated rings. The van der Waals surface area contributed by atoms with Gasteiger partial charge in [-0.2, -0.15) is 0 Å². The Hall–Kier alpha value is -3.28. The summed E-state index contributed by atoms with van der Waals surface area (Å²) in [5.74, 6) is 0.392. The normalized spacial score (nSPS) is 10.6. The first-order chi connectivity index (χ1) is 13.0. The van der Waals surface area contributed by atoms with Crippen LogP contribution >= 0.6 is 0 Å². The molecule has 0 radical (unpaired) electrons. The molecule has 0 bridgehead atoms. The van der Waals surface area contributed by atoms with E-state index < -0.39 is 0 Å². The lowest BCUT2D eigenvalue weighted by molar-refractivity contribution is -0.114. The molecular formula is C21H22N2O4. The Morgan fingerprint density at radius 3 is 2.67 bits per heavy atom. The maximum Gasteiger partial charge on any atom is 0.336 e. The molecule has 6 nitrogen and oxygen atoms in total.